The second-order valence-corrected chi connectivity index (χ2v) is 8.21. The molecule has 1 N–H and O–H groups in total. The van der Waals surface area contributed by atoms with Crippen molar-refractivity contribution in [1.29, 1.82) is 0 Å². The Hall–Kier alpha value is -1.87. The number of aromatic nitrogens is 4. The van der Waals surface area contributed by atoms with E-state index in [1.807, 2.05) is 10.6 Å². The molecule has 2 heterocycles. The van der Waals surface area contributed by atoms with Crippen molar-refractivity contribution in [2.75, 3.05) is 11.1 Å². The lowest BCUT2D eigenvalue weighted by Gasteiger charge is -2.08. The fraction of sp³-hybridized carbons (Fsp3) is 0.111. The zero-order valence-electron chi connectivity index (χ0n) is 14.4. The highest BCUT2D eigenvalue weighted by molar-refractivity contribution is 9.10. The van der Waals surface area contributed by atoms with Crippen LogP contribution in [0, 0.1) is 0 Å². The highest BCUT2D eigenvalue weighted by atomic mass is 79.9. The lowest BCUT2D eigenvalue weighted by Crippen LogP contribution is -2.15. The van der Waals surface area contributed by atoms with Gasteiger partial charge in [-0.2, -0.15) is 0 Å². The van der Waals surface area contributed by atoms with Crippen LogP contribution < -0.4 is 5.32 Å². The Kier molecular flexibility index (Phi) is 7.12. The number of anilines is 1. The molecule has 0 fully saturated rings. The van der Waals surface area contributed by atoms with E-state index in [9.17, 15) is 4.79 Å². The maximum atomic E-state index is 12.2. The smallest absolute Gasteiger partial charge is 0.236 e. The summed E-state index contributed by atoms with van der Waals surface area (Å²) in [6.45, 7) is 4.26. The van der Waals surface area contributed by atoms with E-state index in [1.54, 1.807) is 36.5 Å². The molecule has 0 atom stereocenters. The Labute approximate surface area is 184 Å². The summed E-state index contributed by atoms with van der Waals surface area (Å²) in [5.74, 6) is 1.08. The lowest BCUT2D eigenvalue weighted by molar-refractivity contribution is -0.113. The van der Waals surface area contributed by atoms with Gasteiger partial charge in [0.25, 0.3) is 0 Å². The Bertz CT molecular complexity index is 1010. The van der Waals surface area contributed by atoms with Crippen LogP contribution in [0.2, 0.25) is 10.0 Å². The molecule has 0 bridgehead atoms. The summed E-state index contributed by atoms with van der Waals surface area (Å²) in [5, 5.41) is 12.7. The normalized spacial score (nSPS) is 10.7. The number of carbonyl (C=O) groups excluding carboxylic acids is 1. The van der Waals surface area contributed by atoms with Crippen molar-refractivity contribution in [3.05, 3.63) is 63.7 Å². The van der Waals surface area contributed by atoms with Crippen LogP contribution in [0.3, 0.4) is 0 Å². The summed E-state index contributed by atoms with van der Waals surface area (Å²) in [6, 6.07) is 8.78. The first-order valence-electron chi connectivity index (χ1n) is 8.01. The van der Waals surface area contributed by atoms with Crippen LogP contribution in [-0.4, -0.2) is 31.4 Å². The van der Waals surface area contributed by atoms with Crippen molar-refractivity contribution in [2.24, 2.45) is 0 Å². The van der Waals surface area contributed by atoms with Gasteiger partial charge in [-0.05, 0) is 46.3 Å². The summed E-state index contributed by atoms with van der Waals surface area (Å²) in [7, 11) is 0. The minimum absolute atomic E-state index is 0.161. The fourth-order valence-electron chi connectivity index (χ4n) is 2.30. The van der Waals surface area contributed by atoms with Gasteiger partial charge >= 0.3 is 0 Å². The number of amides is 1. The summed E-state index contributed by atoms with van der Waals surface area (Å²) in [4.78, 5) is 16.3. The molecule has 0 spiro atoms. The summed E-state index contributed by atoms with van der Waals surface area (Å²) < 4.78 is 2.70. The molecule has 3 rings (SSSR count). The Balaban J connectivity index is 1.73. The van der Waals surface area contributed by atoms with E-state index in [0.717, 1.165) is 10.0 Å². The number of hydrogen-bond donors (Lipinski definition) is 1. The molecule has 0 unspecified atom stereocenters. The van der Waals surface area contributed by atoms with Gasteiger partial charge in [0.15, 0.2) is 11.0 Å². The van der Waals surface area contributed by atoms with Gasteiger partial charge < -0.3 is 5.32 Å². The third-order valence-corrected chi connectivity index (χ3v) is 5.71. The molecule has 3 aromatic rings. The topological polar surface area (TPSA) is 72.7 Å². The van der Waals surface area contributed by atoms with E-state index in [-0.39, 0.29) is 11.7 Å². The van der Waals surface area contributed by atoms with E-state index in [0.29, 0.717) is 33.4 Å². The number of nitrogens with one attached hydrogen (secondary N) is 1. The van der Waals surface area contributed by atoms with E-state index < -0.39 is 0 Å². The van der Waals surface area contributed by atoms with Crippen molar-refractivity contribution in [3.63, 3.8) is 0 Å². The van der Waals surface area contributed by atoms with Gasteiger partial charge in [-0.3, -0.25) is 9.36 Å². The summed E-state index contributed by atoms with van der Waals surface area (Å²) >= 11 is 16.7. The molecule has 0 aliphatic carbocycles. The maximum Gasteiger partial charge on any atom is 0.236 e. The SMILES string of the molecule is C=CCn1c(SCC(=O)Nc2ccc(Br)cn2)nnc1-c1ccc(Cl)c(Cl)c1. The van der Waals surface area contributed by atoms with E-state index >= 15 is 0 Å². The molecule has 2 aromatic heterocycles. The average Bonchev–Trinajstić information content (AvgIpc) is 3.07. The number of hydrogen-bond acceptors (Lipinski definition) is 5. The van der Waals surface area contributed by atoms with Gasteiger partial charge in [0.2, 0.25) is 5.91 Å². The van der Waals surface area contributed by atoms with Crippen molar-refractivity contribution in [1.82, 2.24) is 19.7 Å². The zero-order chi connectivity index (χ0) is 20.1. The second kappa shape index (κ2) is 9.56. The predicted octanol–water partition coefficient (Wildman–Crippen LogP) is 5.33. The monoisotopic (exact) mass is 497 g/mol. The second-order valence-electron chi connectivity index (χ2n) is 5.53. The first kappa shape index (κ1) is 20.9. The minimum Gasteiger partial charge on any atom is -0.310 e. The predicted molar refractivity (Wildman–Crippen MR) is 117 cm³/mol. The van der Waals surface area contributed by atoms with Crippen molar-refractivity contribution >= 4 is 62.6 Å². The zero-order valence-corrected chi connectivity index (χ0v) is 18.3. The quantitative estimate of drug-likeness (QED) is 0.352. The Morgan fingerprint density at radius 1 is 1.25 bits per heavy atom. The number of carbonyl (C=O) groups is 1. The molecule has 1 aromatic carbocycles. The molecule has 10 heteroatoms. The number of benzene rings is 1. The highest BCUT2D eigenvalue weighted by Gasteiger charge is 2.16. The molecule has 6 nitrogen and oxygen atoms in total. The lowest BCUT2D eigenvalue weighted by atomic mass is 10.2. The minimum atomic E-state index is -0.191. The number of rotatable bonds is 7. The summed E-state index contributed by atoms with van der Waals surface area (Å²) in [5.41, 5.74) is 0.777. The standard InChI is InChI=1S/C18H14BrCl2N5OS/c1-2-7-26-17(11-3-5-13(20)14(21)8-11)24-25-18(26)28-10-16(27)23-15-6-4-12(19)9-22-15/h2-6,8-9H,1,7,10H2,(H,22,23,27). The number of allylic oxidation sites excluding steroid dienone is 1. The summed E-state index contributed by atoms with van der Waals surface area (Å²) in [6.07, 6.45) is 3.35. The number of thioether (sulfide) groups is 1. The van der Waals surface area contributed by atoms with Crippen LogP contribution in [0.25, 0.3) is 11.4 Å². The molecular formula is C18H14BrCl2N5OS. The first-order chi connectivity index (χ1) is 13.5. The van der Waals surface area contributed by atoms with Gasteiger partial charge in [0, 0.05) is 22.8 Å². The largest absolute Gasteiger partial charge is 0.310 e. The number of pyridine rings is 1. The van der Waals surface area contributed by atoms with E-state index in [2.05, 4.69) is 43.0 Å². The first-order valence-corrected chi connectivity index (χ1v) is 10.5. The van der Waals surface area contributed by atoms with Crippen LogP contribution in [0.5, 0.6) is 0 Å². The van der Waals surface area contributed by atoms with Crippen molar-refractivity contribution in [3.8, 4) is 11.4 Å². The molecule has 1 amide bonds. The maximum absolute atomic E-state index is 12.2. The molecule has 0 radical (unpaired) electrons. The Morgan fingerprint density at radius 2 is 2.07 bits per heavy atom. The fourth-order valence-corrected chi connectivity index (χ4v) is 3.58. The molecule has 0 aliphatic heterocycles. The molecule has 144 valence electrons. The molecule has 0 aliphatic rings. The van der Waals surface area contributed by atoms with Gasteiger partial charge in [0.05, 0.1) is 15.8 Å². The number of halogens is 3. The molecular weight excluding hydrogens is 485 g/mol. The molecule has 0 saturated heterocycles. The third kappa shape index (κ3) is 5.14. The van der Waals surface area contributed by atoms with Gasteiger partial charge in [0.1, 0.15) is 5.82 Å². The van der Waals surface area contributed by atoms with Crippen LogP contribution in [0.15, 0.2) is 58.8 Å². The van der Waals surface area contributed by atoms with E-state index in [4.69, 9.17) is 23.2 Å². The highest BCUT2D eigenvalue weighted by Crippen LogP contribution is 2.29. The number of nitrogens with zero attached hydrogens (tertiary/aromatic N) is 4. The third-order valence-electron chi connectivity index (χ3n) is 3.53. The van der Waals surface area contributed by atoms with Crippen molar-refractivity contribution < 1.29 is 4.79 Å². The van der Waals surface area contributed by atoms with Crippen LogP contribution in [0.1, 0.15) is 0 Å². The van der Waals surface area contributed by atoms with Gasteiger partial charge in [-0.1, -0.05) is 41.0 Å². The van der Waals surface area contributed by atoms with Crippen molar-refractivity contribution in [2.45, 2.75) is 11.7 Å². The molecule has 28 heavy (non-hydrogen) atoms. The van der Waals surface area contributed by atoms with E-state index in [1.165, 1.54) is 11.8 Å². The Morgan fingerprint density at radius 3 is 2.75 bits per heavy atom. The van der Waals surface area contributed by atoms with Gasteiger partial charge in [-0.25, -0.2) is 4.98 Å². The van der Waals surface area contributed by atoms with Crippen LogP contribution in [-0.2, 0) is 11.3 Å². The van der Waals surface area contributed by atoms with Crippen LogP contribution in [0.4, 0.5) is 5.82 Å². The van der Waals surface area contributed by atoms with Crippen LogP contribution >= 0.6 is 50.9 Å². The molecule has 0 saturated carbocycles. The average molecular weight is 499 g/mol. The van der Waals surface area contributed by atoms with Gasteiger partial charge in [-0.15, -0.1) is 16.8 Å².